The Morgan fingerprint density at radius 3 is 2.72 bits per heavy atom. The number of imidazole rings is 1. The number of nitriles is 1. The molecule has 1 unspecified atom stereocenters. The molecule has 1 aromatic carbocycles. The molecule has 1 atom stereocenters. The number of hydrogen-bond acceptors (Lipinski definition) is 5. The number of nitrogens with one attached hydrogen (secondary N) is 2. The molecule has 2 N–H and O–H groups in total. The van der Waals surface area contributed by atoms with Gasteiger partial charge in [-0.15, -0.1) is 0 Å². The van der Waals surface area contributed by atoms with Crippen LogP contribution < -0.4 is 16.6 Å². The molecule has 0 spiro atoms. The Hall–Kier alpha value is -4.65. The molecule has 39 heavy (non-hydrogen) atoms. The summed E-state index contributed by atoms with van der Waals surface area (Å²) in [6, 6.07) is 14.2. The third-order valence-electron chi connectivity index (χ3n) is 7.40. The number of nitrogens with zero attached hydrogens (tertiary/aromatic N) is 5. The predicted octanol–water partition coefficient (Wildman–Crippen LogP) is 4.66. The number of pyridine rings is 2. The lowest BCUT2D eigenvalue weighted by Gasteiger charge is -2.32. The first-order valence-corrected chi connectivity index (χ1v) is 13.3. The van der Waals surface area contributed by atoms with Gasteiger partial charge in [0, 0.05) is 43.1 Å². The zero-order chi connectivity index (χ0) is 27.5. The number of carbonyl (C=O) groups is 1. The highest BCUT2D eigenvalue weighted by atomic mass is 16.2. The number of amides is 2. The smallest absolute Gasteiger partial charge is 0.324 e. The van der Waals surface area contributed by atoms with Gasteiger partial charge in [0.1, 0.15) is 5.69 Å². The highest BCUT2D eigenvalue weighted by Gasteiger charge is 2.27. The molecule has 1 aliphatic heterocycles. The SMILES string of the molecule is CCCC(C)n1cc(-c2cccc(C#N)c2)cc(NC(=O)N2CCC(n3c(=O)[nH]c4ncccc43)CC2)c1=O. The molecular formula is C29H31N7O3. The zero-order valence-electron chi connectivity index (χ0n) is 22.1. The minimum atomic E-state index is -0.351. The molecule has 1 aliphatic rings. The van der Waals surface area contributed by atoms with Crippen molar-refractivity contribution in [2.45, 2.75) is 51.6 Å². The summed E-state index contributed by atoms with van der Waals surface area (Å²) in [5, 5.41) is 12.2. The number of aromatic nitrogens is 4. The average molecular weight is 526 g/mol. The minimum absolute atomic E-state index is 0.0534. The van der Waals surface area contributed by atoms with Crippen LogP contribution in [0.5, 0.6) is 0 Å². The van der Waals surface area contributed by atoms with Crippen LogP contribution >= 0.6 is 0 Å². The maximum absolute atomic E-state index is 13.4. The van der Waals surface area contributed by atoms with Crippen molar-refractivity contribution >= 4 is 22.9 Å². The largest absolute Gasteiger partial charge is 0.327 e. The van der Waals surface area contributed by atoms with E-state index in [2.05, 4.69) is 28.3 Å². The van der Waals surface area contributed by atoms with E-state index in [1.165, 1.54) is 0 Å². The fourth-order valence-electron chi connectivity index (χ4n) is 5.34. The second kappa shape index (κ2) is 11.0. The van der Waals surface area contributed by atoms with E-state index < -0.39 is 0 Å². The Morgan fingerprint density at radius 2 is 1.97 bits per heavy atom. The van der Waals surface area contributed by atoms with Crippen LogP contribution in [0.3, 0.4) is 0 Å². The van der Waals surface area contributed by atoms with E-state index in [1.54, 1.807) is 56.8 Å². The molecule has 4 heterocycles. The standard InChI is InChI=1S/C29H31N7O3/c1-3-6-19(2)35-18-22(21-8-4-7-20(15-21)17-30)16-24(27(35)37)32-28(38)34-13-10-23(11-14-34)36-25-9-5-12-31-26(25)33-29(36)39/h4-5,7-9,12,15-16,18-19,23H,3,6,10-11,13-14H2,1-2H3,(H,32,38)(H,31,33,39). The average Bonchev–Trinajstić information content (AvgIpc) is 3.29. The second-order valence-corrected chi connectivity index (χ2v) is 10.0. The van der Waals surface area contributed by atoms with Crippen LogP contribution in [-0.2, 0) is 0 Å². The lowest BCUT2D eigenvalue weighted by Crippen LogP contribution is -2.43. The van der Waals surface area contributed by atoms with Crippen LogP contribution in [0, 0.1) is 11.3 Å². The van der Waals surface area contributed by atoms with Gasteiger partial charge in [0.25, 0.3) is 5.56 Å². The van der Waals surface area contributed by atoms with E-state index in [-0.39, 0.29) is 35.1 Å². The number of hydrogen-bond donors (Lipinski definition) is 2. The van der Waals surface area contributed by atoms with Gasteiger partial charge in [0.15, 0.2) is 5.65 Å². The number of likely N-dealkylation sites (tertiary alicyclic amines) is 1. The summed E-state index contributed by atoms with van der Waals surface area (Å²) in [4.78, 5) is 48.0. The van der Waals surface area contributed by atoms with Crippen molar-refractivity contribution in [1.29, 1.82) is 5.26 Å². The summed E-state index contributed by atoms with van der Waals surface area (Å²) in [6.45, 7) is 4.94. The molecule has 0 radical (unpaired) electrons. The number of benzene rings is 1. The van der Waals surface area contributed by atoms with Gasteiger partial charge in [-0.1, -0.05) is 25.5 Å². The van der Waals surface area contributed by atoms with Gasteiger partial charge < -0.3 is 14.8 Å². The molecule has 2 amide bonds. The van der Waals surface area contributed by atoms with E-state index in [1.807, 2.05) is 19.1 Å². The van der Waals surface area contributed by atoms with Crippen LogP contribution in [0.15, 0.2) is 64.4 Å². The van der Waals surface area contributed by atoms with Crippen molar-refractivity contribution < 1.29 is 4.79 Å². The molecule has 0 aliphatic carbocycles. The summed E-state index contributed by atoms with van der Waals surface area (Å²) in [5.74, 6) is 0. The zero-order valence-corrected chi connectivity index (χ0v) is 22.1. The number of H-pyrrole nitrogens is 1. The summed E-state index contributed by atoms with van der Waals surface area (Å²) in [7, 11) is 0. The summed E-state index contributed by atoms with van der Waals surface area (Å²) in [5.41, 5.74) is 3.09. The van der Waals surface area contributed by atoms with Crippen molar-refractivity contribution in [1.82, 2.24) is 24.0 Å². The molecular weight excluding hydrogens is 494 g/mol. The monoisotopic (exact) mass is 525 g/mol. The molecule has 5 rings (SSSR count). The van der Waals surface area contributed by atoms with E-state index in [9.17, 15) is 19.6 Å². The third kappa shape index (κ3) is 5.21. The van der Waals surface area contributed by atoms with Gasteiger partial charge in [0.05, 0.1) is 17.1 Å². The fourth-order valence-corrected chi connectivity index (χ4v) is 5.34. The molecule has 1 saturated heterocycles. The third-order valence-corrected chi connectivity index (χ3v) is 7.40. The molecule has 4 aromatic rings. The highest BCUT2D eigenvalue weighted by molar-refractivity contribution is 5.90. The van der Waals surface area contributed by atoms with Crippen LogP contribution in [-0.4, -0.2) is 43.1 Å². The minimum Gasteiger partial charge on any atom is -0.324 e. The van der Waals surface area contributed by atoms with E-state index in [0.717, 1.165) is 29.5 Å². The Balaban J connectivity index is 1.38. The fraction of sp³-hybridized carbons (Fsp3) is 0.345. The number of fused-ring (bicyclic) bond motifs is 1. The van der Waals surface area contributed by atoms with E-state index >= 15 is 0 Å². The topological polar surface area (TPSA) is 129 Å². The normalized spacial score (nSPS) is 14.7. The van der Waals surface area contributed by atoms with E-state index in [0.29, 0.717) is 37.1 Å². The highest BCUT2D eigenvalue weighted by Crippen LogP contribution is 2.26. The number of urea groups is 1. The molecule has 200 valence electrons. The molecule has 10 heteroatoms. The van der Waals surface area contributed by atoms with E-state index in [4.69, 9.17) is 0 Å². The summed E-state index contributed by atoms with van der Waals surface area (Å²) >= 11 is 0. The Kier molecular flexibility index (Phi) is 7.32. The summed E-state index contributed by atoms with van der Waals surface area (Å²) < 4.78 is 3.39. The first-order chi connectivity index (χ1) is 18.9. The first kappa shape index (κ1) is 26.0. The number of anilines is 1. The second-order valence-electron chi connectivity index (χ2n) is 10.0. The molecule has 0 saturated carbocycles. The molecule has 10 nitrogen and oxygen atoms in total. The van der Waals surface area contributed by atoms with Crippen molar-refractivity contribution in [3.05, 3.63) is 81.3 Å². The van der Waals surface area contributed by atoms with Crippen LogP contribution in [0.4, 0.5) is 10.5 Å². The first-order valence-electron chi connectivity index (χ1n) is 13.3. The lowest BCUT2D eigenvalue weighted by atomic mass is 10.0. The lowest BCUT2D eigenvalue weighted by molar-refractivity contribution is 0.184. The maximum Gasteiger partial charge on any atom is 0.327 e. The molecule has 1 fully saturated rings. The van der Waals surface area contributed by atoms with Crippen molar-refractivity contribution in [3.63, 3.8) is 0 Å². The van der Waals surface area contributed by atoms with Gasteiger partial charge in [-0.25, -0.2) is 14.6 Å². The maximum atomic E-state index is 13.4. The predicted molar refractivity (Wildman–Crippen MR) is 150 cm³/mol. The number of piperidine rings is 1. The molecule has 3 aromatic heterocycles. The number of carbonyl (C=O) groups excluding carboxylic acids is 1. The molecule has 0 bridgehead atoms. The number of aromatic amines is 1. The van der Waals surface area contributed by atoms with Gasteiger partial charge in [-0.2, -0.15) is 5.26 Å². The Labute approximate surface area is 225 Å². The van der Waals surface area contributed by atoms with Gasteiger partial charge >= 0.3 is 11.7 Å². The van der Waals surface area contributed by atoms with Gasteiger partial charge in [0.2, 0.25) is 0 Å². The summed E-state index contributed by atoms with van der Waals surface area (Å²) in [6.07, 6.45) is 6.37. The van der Waals surface area contributed by atoms with Crippen LogP contribution in [0.1, 0.15) is 57.2 Å². The van der Waals surface area contributed by atoms with Gasteiger partial charge in [-0.05, 0) is 62.1 Å². The van der Waals surface area contributed by atoms with Crippen LogP contribution in [0.2, 0.25) is 0 Å². The number of rotatable bonds is 6. The Morgan fingerprint density at radius 1 is 1.18 bits per heavy atom. The van der Waals surface area contributed by atoms with Crippen molar-refractivity contribution in [2.75, 3.05) is 18.4 Å². The van der Waals surface area contributed by atoms with Gasteiger partial charge in [-0.3, -0.25) is 14.3 Å². The van der Waals surface area contributed by atoms with Crippen LogP contribution in [0.25, 0.3) is 22.3 Å². The quantitative estimate of drug-likeness (QED) is 0.378. The van der Waals surface area contributed by atoms with Crippen molar-refractivity contribution in [2.24, 2.45) is 0 Å². The Bertz CT molecular complexity index is 1670. The van der Waals surface area contributed by atoms with Crippen molar-refractivity contribution in [3.8, 4) is 17.2 Å².